The Morgan fingerprint density at radius 2 is 1.37 bits per heavy atom. The topological polar surface area (TPSA) is 38.2 Å². The largest absolute Gasteiger partial charge is 0.344 e. The van der Waals surface area contributed by atoms with Gasteiger partial charge in [-0.2, -0.15) is 0 Å². The molecule has 0 heterocycles. The number of aryl methyl sites for hydroxylation is 1. The summed E-state index contributed by atoms with van der Waals surface area (Å²) in [5.41, 5.74) is 4.08. The Hall–Kier alpha value is -1.64. The van der Waals surface area contributed by atoms with Crippen LogP contribution < -0.4 is 6.15 Å². The van der Waals surface area contributed by atoms with Crippen LogP contribution in [0.2, 0.25) is 0 Å². The van der Waals surface area contributed by atoms with Gasteiger partial charge in [-0.3, -0.25) is 4.90 Å². The second-order valence-electron chi connectivity index (χ2n) is 4.87. The highest BCUT2D eigenvalue weighted by Crippen LogP contribution is 2.26. The van der Waals surface area contributed by atoms with E-state index in [1.54, 1.807) is 0 Å². The molecule has 102 valence electrons. The predicted octanol–water partition coefficient (Wildman–Crippen LogP) is 4.06. The average molecular weight is 256 g/mol. The number of nitrogens with zero attached hydrogens (tertiary/aromatic N) is 1. The Bertz CT molecular complexity index is 474. The number of hydrogen-bond acceptors (Lipinski definition) is 2. The first-order valence-electron chi connectivity index (χ1n) is 6.52. The number of rotatable bonds is 4. The first kappa shape index (κ1) is 15.4. The van der Waals surface area contributed by atoms with Gasteiger partial charge in [-0.15, -0.1) is 0 Å². The van der Waals surface area contributed by atoms with Crippen molar-refractivity contribution in [3.8, 4) is 0 Å². The Kier molecular flexibility index (Phi) is 5.74. The molecule has 0 fully saturated rings. The molecule has 0 saturated heterocycles. The molecule has 0 spiro atoms. The van der Waals surface area contributed by atoms with Crippen LogP contribution in [0.1, 0.15) is 29.7 Å². The van der Waals surface area contributed by atoms with Crippen molar-refractivity contribution in [3.05, 3.63) is 71.3 Å². The summed E-state index contributed by atoms with van der Waals surface area (Å²) in [6.45, 7) is 2.19. The van der Waals surface area contributed by atoms with Crippen molar-refractivity contribution in [3.63, 3.8) is 0 Å². The quantitative estimate of drug-likeness (QED) is 0.895. The third-order valence-corrected chi connectivity index (χ3v) is 3.34. The van der Waals surface area contributed by atoms with Crippen LogP contribution in [0.25, 0.3) is 0 Å². The zero-order valence-electron chi connectivity index (χ0n) is 12.1. The molecule has 0 aliphatic heterocycles. The Morgan fingerprint density at radius 1 is 0.842 bits per heavy atom. The van der Waals surface area contributed by atoms with E-state index in [1.165, 1.54) is 16.7 Å². The minimum atomic E-state index is 0. The van der Waals surface area contributed by atoms with Crippen LogP contribution in [0.15, 0.2) is 54.6 Å². The molecule has 1 unspecified atom stereocenters. The van der Waals surface area contributed by atoms with Crippen LogP contribution >= 0.6 is 0 Å². The molecular weight excluding hydrogens is 232 g/mol. The standard InChI is InChI=1S/C17H21N.H3N/c1-4-14-10-12-16(13-11-14)17(18(2)3)15-8-6-5-7-9-15;/h5-13,17H,4H2,1-3H3;1H3. The van der Waals surface area contributed by atoms with Crippen molar-refractivity contribution in [1.29, 1.82) is 0 Å². The Balaban J connectivity index is 0.00000180. The summed E-state index contributed by atoms with van der Waals surface area (Å²) in [5.74, 6) is 0. The van der Waals surface area contributed by atoms with Gasteiger partial charge in [0.05, 0.1) is 6.04 Å². The third-order valence-electron chi connectivity index (χ3n) is 3.34. The fraction of sp³-hybridized carbons (Fsp3) is 0.294. The summed E-state index contributed by atoms with van der Waals surface area (Å²) >= 11 is 0. The fourth-order valence-corrected chi connectivity index (χ4v) is 2.36. The van der Waals surface area contributed by atoms with E-state index in [4.69, 9.17) is 0 Å². The number of hydrogen-bond donors (Lipinski definition) is 1. The molecule has 2 rings (SSSR count). The van der Waals surface area contributed by atoms with Crippen molar-refractivity contribution in [2.45, 2.75) is 19.4 Å². The maximum atomic E-state index is 2.26. The fourth-order valence-electron chi connectivity index (χ4n) is 2.36. The van der Waals surface area contributed by atoms with E-state index in [1.807, 2.05) is 0 Å². The molecule has 2 heteroatoms. The van der Waals surface area contributed by atoms with Gasteiger partial charge in [0.1, 0.15) is 0 Å². The molecule has 0 radical (unpaired) electrons. The highest BCUT2D eigenvalue weighted by molar-refractivity contribution is 5.33. The van der Waals surface area contributed by atoms with E-state index in [9.17, 15) is 0 Å². The second-order valence-corrected chi connectivity index (χ2v) is 4.87. The molecule has 0 bridgehead atoms. The van der Waals surface area contributed by atoms with Crippen molar-refractivity contribution >= 4 is 0 Å². The minimum Gasteiger partial charge on any atom is -0.344 e. The van der Waals surface area contributed by atoms with Gasteiger partial charge in [0.2, 0.25) is 0 Å². The van der Waals surface area contributed by atoms with Crippen LogP contribution in [0, 0.1) is 0 Å². The third kappa shape index (κ3) is 3.66. The zero-order valence-corrected chi connectivity index (χ0v) is 12.1. The van der Waals surface area contributed by atoms with Gasteiger partial charge in [0.15, 0.2) is 0 Å². The molecule has 2 nitrogen and oxygen atoms in total. The highest BCUT2D eigenvalue weighted by Gasteiger charge is 2.15. The summed E-state index contributed by atoms with van der Waals surface area (Å²) in [7, 11) is 4.26. The van der Waals surface area contributed by atoms with Crippen molar-refractivity contribution < 1.29 is 0 Å². The van der Waals surface area contributed by atoms with Gasteiger partial charge in [-0.05, 0) is 37.2 Å². The van der Waals surface area contributed by atoms with Crippen molar-refractivity contribution in [2.75, 3.05) is 14.1 Å². The van der Waals surface area contributed by atoms with Crippen LogP contribution in [0.3, 0.4) is 0 Å². The van der Waals surface area contributed by atoms with Gasteiger partial charge < -0.3 is 6.15 Å². The first-order chi connectivity index (χ1) is 8.72. The van der Waals surface area contributed by atoms with E-state index < -0.39 is 0 Å². The van der Waals surface area contributed by atoms with E-state index >= 15 is 0 Å². The molecule has 0 aliphatic rings. The molecule has 0 aliphatic carbocycles. The molecule has 19 heavy (non-hydrogen) atoms. The SMILES string of the molecule is CCc1ccc(C(c2ccccc2)N(C)C)cc1.N. The Morgan fingerprint density at radius 3 is 1.84 bits per heavy atom. The maximum Gasteiger partial charge on any atom is 0.0596 e. The molecule has 0 saturated carbocycles. The monoisotopic (exact) mass is 256 g/mol. The summed E-state index contributed by atoms with van der Waals surface area (Å²) in [5, 5.41) is 0. The molecule has 0 aromatic heterocycles. The van der Waals surface area contributed by atoms with Crippen molar-refractivity contribution in [1.82, 2.24) is 11.1 Å². The van der Waals surface area contributed by atoms with Gasteiger partial charge in [-0.25, -0.2) is 0 Å². The van der Waals surface area contributed by atoms with E-state index in [0.717, 1.165) is 6.42 Å². The summed E-state index contributed by atoms with van der Waals surface area (Å²) in [6.07, 6.45) is 1.10. The number of benzene rings is 2. The normalized spacial score (nSPS) is 12.0. The molecule has 2 aromatic rings. The predicted molar refractivity (Wildman–Crippen MR) is 82.8 cm³/mol. The van der Waals surface area contributed by atoms with Crippen molar-refractivity contribution in [2.24, 2.45) is 0 Å². The van der Waals surface area contributed by atoms with Gasteiger partial charge in [0.25, 0.3) is 0 Å². The summed E-state index contributed by atoms with van der Waals surface area (Å²) in [4.78, 5) is 2.26. The Labute approximate surface area is 116 Å². The van der Waals surface area contributed by atoms with Crippen LogP contribution in [0.4, 0.5) is 0 Å². The summed E-state index contributed by atoms with van der Waals surface area (Å²) in [6, 6.07) is 19.9. The minimum absolute atomic E-state index is 0. The second kappa shape index (κ2) is 7.07. The lowest BCUT2D eigenvalue weighted by atomic mass is 9.96. The van der Waals surface area contributed by atoms with E-state index in [0.29, 0.717) is 6.04 Å². The van der Waals surface area contributed by atoms with E-state index in [-0.39, 0.29) is 6.15 Å². The average Bonchev–Trinajstić information content (AvgIpc) is 2.40. The van der Waals surface area contributed by atoms with Crippen LogP contribution in [-0.4, -0.2) is 19.0 Å². The molecular formula is C17H24N2. The van der Waals surface area contributed by atoms with Gasteiger partial charge in [0, 0.05) is 0 Å². The lowest BCUT2D eigenvalue weighted by molar-refractivity contribution is 0.342. The summed E-state index contributed by atoms with van der Waals surface area (Å²) < 4.78 is 0. The maximum absolute atomic E-state index is 2.26. The van der Waals surface area contributed by atoms with Crippen LogP contribution in [-0.2, 0) is 6.42 Å². The highest BCUT2D eigenvalue weighted by atomic mass is 15.1. The smallest absolute Gasteiger partial charge is 0.0596 e. The first-order valence-corrected chi connectivity index (χ1v) is 6.52. The van der Waals surface area contributed by atoms with E-state index in [2.05, 4.69) is 80.5 Å². The van der Waals surface area contributed by atoms with Gasteiger partial charge in [-0.1, -0.05) is 61.5 Å². The zero-order chi connectivity index (χ0) is 13.0. The molecule has 1 atom stereocenters. The lowest BCUT2D eigenvalue weighted by Crippen LogP contribution is -2.20. The van der Waals surface area contributed by atoms with Gasteiger partial charge >= 0.3 is 0 Å². The molecule has 3 N–H and O–H groups in total. The molecule has 2 aromatic carbocycles. The van der Waals surface area contributed by atoms with Crippen LogP contribution in [0.5, 0.6) is 0 Å². The lowest BCUT2D eigenvalue weighted by Gasteiger charge is -2.25. The molecule has 0 amide bonds.